The number of urea groups is 1. The van der Waals surface area contributed by atoms with Crippen molar-refractivity contribution in [2.45, 2.75) is 13.0 Å². The number of rotatable bonds is 5. The van der Waals surface area contributed by atoms with Gasteiger partial charge in [0.1, 0.15) is 10.9 Å². The van der Waals surface area contributed by atoms with Gasteiger partial charge in [0.25, 0.3) is 0 Å². The quantitative estimate of drug-likeness (QED) is 0.278. The summed E-state index contributed by atoms with van der Waals surface area (Å²) in [5.74, 6) is -1.77. The molecule has 0 spiro atoms. The second-order valence-corrected chi connectivity index (χ2v) is 7.03. The van der Waals surface area contributed by atoms with E-state index >= 15 is 0 Å². The number of aliphatic carboxylic acids is 1. The Labute approximate surface area is 181 Å². The molecule has 2 heterocycles. The average molecular weight is 448 g/mol. The number of esters is 1. The van der Waals surface area contributed by atoms with Gasteiger partial charge in [-0.05, 0) is 48.4 Å². The van der Waals surface area contributed by atoms with Crippen molar-refractivity contribution >= 4 is 47.2 Å². The Morgan fingerprint density at radius 1 is 1.23 bits per heavy atom. The van der Waals surface area contributed by atoms with Crippen LogP contribution in [0.25, 0.3) is 6.08 Å². The monoisotopic (exact) mass is 447 g/mol. The molecule has 1 atom stereocenters. The first-order chi connectivity index (χ1) is 14.2. The first kappa shape index (κ1) is 21.4. The number of pyridine rings is 1. The van der Waals surface area contributed by atoms with Gasteiger partial charge in [-0.3, -0.25) is 0 Å². The van der Waals surface area contributed by atoms with Crippen LogP contribution in [0.5, 0.6) is 5.75 Å². The predicted molar refractivity (Wildman–Crippen MR) is 110 cm³/mol. The first-order valence-electron chi connectivity index (χ1n) is 8.57. The highest BCUT2D eigenvalue weighted by Gasteiger charge is 2.31. The SMILES string of the molecule is CC1=C(C(=O)O)C(c2ccc(OC(=O)C=Cc3ccnc(Cl)c3)c(Cl)c2)NC(=O)N1. The van der Waals surface area contributed by atoms with E-state index in [0.29, 0.717) is 16.3 Å². The summed E-state index contributed by atoms with van der Waals surface area (Å²) >= 11 is 12.0. The summed E-state index contributed by atoms with van der Waals surface area (Å²) in [6.45, 7) is 1.50. The fourth-order valence-electron chi connectivity index (χ4n) is 2.83. The molecule has 0 aliphatic carbocycles. The zero-order chi connectivity index (χ0) is 21.8. The topological polar surface area (TPSA) is 118 Å². The number of allylic oxidation sites excluding steroid dienone is 1. The number of carboxylic acids is 1. The number of carbonyl (C=O) groups is 3. The molecule has 3 rings (SSSR count). The highest BCUT2D eigenvalue weighted by Crippen LogP contribution is 2.32. The van der Waals surface area contributed by atoms with E-state index in [1.54, 1.807) is 12.1 Å². The summed E-state index contributed by atoms with van der Waals surface area (Å²) in [6.07, 6.45) is 4.22. The van der Waals surface area contributed by atoms with Crippen LogP contribution >= 0.6 is 23.2 Å². The number of nitrogens with zero attached hydrogens (tertiary/aromatic N) is 1. The van der Waals surface area contributed by atoms with E-state index in [0.717, 1.165) is 0 Å². The minimum absolute atomic E-state index is 0.0191. The zero-order valence-electron chi connectivity index (χ0n) is 15.5. The minimum atomic E-state index is -1.18. The number of aromatic nitrogens is 1. The van der Waals surface area contributed by atoms with Gasteiger partial charge < -0.3 is 20.5 Å². The lowest BCUT2D eigenvalue weighted by atomic mass is 9.95. The lowest BCUT2D eigenvalue weighted by Gasteiger charge is -2.27. The van der Waals surface area contributed by atoms with Crippen LogP contribution < -0.4 is 15.4 Å². The number of carboxylic acid groups (broad SMARTS) is 1. The van der Waals surface area contributed by atoms with Crippen molar-refractivity contribution < 1.29 is 24.2 Å². The molecule has 0 saturated heterocycles. The molecule has 0 saturated carbocycles. The Morgan fingerprint density at radius 2 is 2.00 bits per heavy atom. The maximum Gasteiger partial charge on any atom is 0.336 e. The van der Waals surface area contributed by atoms with Gasteiger partial charge in [-0.15, -0.1) is 0 Å². The van der Waals surface area contributed by atoms with Crippen LogP contribution in [-0.2, 0) is 9.59 Å². The second-order valence-electron chi connectivity index (χ2n) is 6.23. The summed E-state index contributed by atoms with van der Waals surface area (Å²) in [6, 6.07) is 6.19. The van der Waals surface area contributed by atoms with Gasteiger partial charge in [-0.2, -0.15) is 0 Å². The van der Waals surface area contributed by atoms with Crippen molar-refractivity contribution in [2.24, 2.45) is 0 Å². The third-order valence-corrected chi connectivity index (χ3v) is 4.66. The van der Waals surface area contributed by atoms with Crippen LogP contribution in [0, 0.1) is 0 Å². The van der Waals surface area contributed by atoms with Gasteiger partial charge in [-0.25, -0.2) is 19.4 Å². The van der Waals surface area contributed by atoms with E-state index in [4.69, 9.17) is 27.9 Å². The van der Waals surface area contributed by atoms with Crippen molar-refractivity contribution in [3.8, 4) is 5.75 Å². The number of halogens is 2. The molecule has 2 aromatic rings. The van der Waals surface area contributed by atoms with Gasteiger partial charge in [0, 0.05) is 18.0 Å². The summed E-state index contributed by atoms with van der Waals surface area (Å²) in [5, 5.41) is 14.8. The lowest BCUT2D eigenvalue weighted by molar-refractivity contribution is -0.133. The molecule has 1 aliphatic heterocycles. The third kappa shape index (κ3) is 4.97. The molecule has 3 N–H and O–H groups in total. The molecular weight excluding hydrogens is 433 g/mol. The van der Waals surface area contributed by atoms with Crippen LogP contribution in [0.4, 0.5) is 4.79 Å². The summed E-state index contributed by atoms with van der Waals surface area (Å²) < 4.78 is 5.22. The summed E-state index contributed by atoms with van der Waals surface area (Å²) in [4.78, 5) is 39.3. The fourth-order valence-corrected chi connectivity index (χ4v) is 3.24. The maximum absolute atomic E-state index is 12.1. The largest absolute Gasteiger partial charge is 0.478 e. The molecule has 154 valence electrons. The Morgan fingerprint density at radius 3 is 2.67 bits per heavy atom. The van der Waals surface area contributed by atoms with Crippen molar-refractivity contribution in [1.82, 2.24) is 15.6 Å². The molecule has 2 amide bonds. The van der Waals surface area contributed by atoms with Crippen molar-refractivity contribution in [3.05, 3.63) is 75.2 Å². The van der Waals surface area contributed by atoms with E-state index < -0.39 is 24.0 Å². The molecule has 0 fully saturated rings. The molecule has 0 radical (unpaired) electrons. The number of amides is 2. The molecule has 30 heavy (non-hydrogen) atoms. The molecule has 1 aromatic heterocycles. The normalized spacial score (nSPS) is 16.2. The van der Waals surface area contributed by atoms with E-state index in [9.17, 15) is 19.5 Å². The molecule has 10 heteroatoms. The maximum atomic E-state index is 12.1. The number of hydrogen-bond donors (Lipinski definition) is 3. The average Bonchev–Trinajstić information content (AvgIpc) is 2.67. The Balaban J connectivity index is 1.78. The highest BCUT2D eigenvalue weighted by atomic mass is 35.5. The summed E-state index contributed by atoms with van der Waals surface area (Å²) in [5.41, 5.74) is 1.30. The van der Waals surface area contributed by atoms with Gasteiger partial charge >= 0.3 is 18.0 Å². The number of nitrogens with one attached hydrogen (secondary N) is 2. The highest BCUT2D eigenvalue weighted by molar-refractivity contribution is 6.32. The van der Waals surface area contributed by atoms with E-state index in [-0.39, 0.29) is 22.0 Å². The Bertz CT molecular complexity index is 1100. The number of hydrogen-bond acceptors (Lipinski definition) is 5. The molecule has 1 aliphatic rings. The molecule has 8 nitrogen and oxygen atoms in total. The van der Waals surface area contributed by atoms with Gasteiger partial charge in [0.05, 0.1) is 16.6 Å². The third-order valence-electron chi connectivity index (χ3n) is 4.16. The van der Waals surface area contributed by atoms with E-state index in [1.807, 2.05) is 0 Å². The van der Waals surface area contributed by atoms with Crippen molar-refractivity contribution in [2.75, 3.05) is 0 Å². The van der Waals surface area contributed by atoms with Crippen LogP contribution in [-0.4, -0.2) is 28.1 Å². The zero-order valence-corrected chi connectivity index (χ0v) is 17.0. The number of carbonyl (C=O) groups excluding carboxylic acids is 2. The van der Waals surface area contributed by atoms with Crippen LogP contribution in [0.1, 0.15) is 24.1 Å². The Hall–Kier alpha value is -3.36. The van der Waals surface area contributed by atoms with Gasteiger partial charge in [0.2, 0.25) is 0 Å². The van der Waals surface area contributed by atoms with E-state index in [2.05, 4.69) is 15.6 Å². The minimum Gasteiger partial charge on any atom is -0.478 e. The smallest absolute Gasteiger partial charge is 0.336 e. The second kappa shape index (κ2) is 8.98. The predicted octanol–water partition coefficient (Wildman–Crippen LogP) is 3.72. The molecular formula is C20H15Cl2N3O5. The van der Waals surface area contributed by atoms with Gasteiger partial charge in [-0.1, -0.05) is 29.3 Å². The van der Waals surface area contributed by atoms with Crippen molar-refractivity contribution in [3.63, 3.8) is 0 Å². The van der Waals surface area contributed by atoms with Gasteiger partial charge in [0.15, 0.2) is 0 Å². The van der Waals surface area contributed by atoms with Crippen molar-refractivity contribution in [1.29, 1.82) is 0 Å². The fraction of sp³-hybridized carbons (Fsp3) is 0.100. The molecule has 0 bridgehead atoms. The molecule has 1 unspecified atom stereocenters. The Kier molecular flexibility index (Phi) is 6.39. The van der Waals surface area contributed by atoms with E-state index in [1.165, 1.54) is 43.5 Å². The standard InChI is InChI=1S/C20H15Cl2N3O5/c1-10-17(19(27)28)18(25-20(29)24-10)12-3-4-14(13(21)9-12)30-16(26)5-2-11-6-7-23-15(22)8-11/h2-9,18H,1H3,(H,27,28)(H2,24,25,29). The summed E-state index contributed by atoms with van der Waals surface area (Å²) in [7, 11) is 0. The number of ether oxygens (including phenoxy) is 1. The van der Waals surface area contributed by atoms with Crippen LogP contribution in [0.15, 0.2) is 53.9 Å². The first-order valence-corrected chi connectivity index (χ1v) is 9.32. The lowest BCUT2D eigenvalue weighted by Crippen LogP contribution is -2.45. The van der Waals surface area contributed by atoms with Crippen LogP contribution in [0.3, 0.4) is 0 Å². The molecule has 1 aromatic carbocycles. The number of benzene rings is 1. The van der Waals surface area contributed by atoms with Crippen LogP contribution in [0.2, 0.25) is 10.2 Å².